The Balaban J connectivity index is 1.91. The molecule has 1 aromatic rings. The molecule has 0 radical (unpaired) electrons. The third-order valence-corrected chi connectivity index (χ3v) is 3.29. The van der Waals surface area contributed by atoms with Crippen LogP contribution in [-0.2, 0) is 10.9 Å². The first-order chi connectivity index (χ1) is 9.98. The van der Waals surface area contributed by atoms with Gasteiger partial charge in [0.05, 0.1) is 24.3 Å². The van der Waals surface area contributed by atoms with Crippen LogP contribution in [0, 0.1) is 0 Å². The summed E-state index contributed by atoms with van der Waals surface area (Å²) in [5.74, 6) is -0.698. The van der Waals surface area contributed by atoms with Gasteiger partial charge in [0.25, 0.3) is 5.91 Å². The third kappa shape index (κ3) is 4.44. The van der Waals surface area contributed by atoms with Crippen molar-refractivity contribution in [3.63, 3.8) is 0 Å². The number of morpholine rings is 1. The van der Waals surface area contributed by atoms with E-state index in [9.17, 15) is 18.0 Å². The molecule has 1 N–H and O–H groups in total. The number of rotatable bonds is 4. The molecule has 0 aliphatic carbocycles. The van der Waals surface area contributed by atoms with Gasteiger partial charge in [-0.2, -0.15) is 13.2 Å². The van der Waals surface area contributed by atoms with Crippen LogP contribution in [0.5, 0.6) is 0 Å². The molecule has 2 rings (SSSR count). The van der Waals surface area contributed by atoms with Crippen LogP contribution in [-0.4, -0.2) is 50.2 Å². The van der Waals surface area contributed by atoms with Gasteiger partial charge in [-0.25, -0.2) is 0 Å². The maximum absolute atomic E-state index is 12.8. The zero-order chi connectivity index (χ0) is 15.3. The van der Waals surface area contributed by atoms with Gasteiger partial charge in [-0.15, -0.1) is 0 Å². The van der Waals surface area contributed by atoms with Gasteiger partial charge in [0.2, 0.25) is 0 Å². The second-order valence-electron chi connectivity index (χ2n) is 4.75. The van der Waals surface area contributed by atoms with Crippen molar-refractivity contribution in [1.29, 1.82) is 0 Å². The van der Waals surface area contributed by atoms with Crippen LogP contribution < -0.4 is 5.32 Å². The maximum atomic E-state index is 12.8. The monoisotopic (exact) mass is 302 g/mol. The Hall–Kier alpha value is -1.60. The van der Waals surface area contributed by atoms with Gasteiger partial charge in [0.15, 0.2) is 0 Å². The molecule has 1 saturated heterocycles. The van der Waals surface area contributed by atoms with Crippen molar-refractivity contribution in [3.05, 3.63) is 35.4 Å². The van der Waals surface area contributed by atoms with Gasteiger partial charge in [0, 0.05) is 26.2 Å². The number of benzene rings is 1. The number of nitrogens with one attached hydrogen (secondary N) is 1. The van der Waals surface area contributed by atoms with E-state index >= 15 is 0 Å². The van der Waals surface area contributed by atoms with Crippen LogP contribution in [0.2, 0.25) is 0 Å². The van der Waals surface area contributed by atoms with Gasteiger partial charge in [0.1, 0.15) is 0 Å². The molecule has 0 saturated carbocycles. The first-order valence-electron chi connectivity index (χ1n) is 6.73. The summed E-state index contributed by atoms with van der Waals surface area (Å²) in [6, 6.07) is 4.79. The fraction of sp³-hybridized carbons (Fsp3) is 0.500. The molecule has 21 heavy (non-hydrogen) atoms. The Bertz CT molecular complexity index is 485. The fourth-order valence-electron chi connectivity index (χ4n) is 2.18. The Kier molecular flexibility index (Phi) is 5.19. The Labute approximate surface area is 120 Å². The minimum Gasteiger partial charge on any atom is -0.379 e. The normalized spacial score (nSPS) is 16.7. The molecule has 4 nitrogen and oxygen atoms in total. The maximum Gasteiger partial charge on any atom is 0.417 e. The quantitative estimate of drug-likeness (QED) is 0.921. The van der Waals surface area contributed by atoms with Crippen LogP contribution >= 0.6 is 0 Å². The van der Waals surface area contributed by atoms with Gasteiger partial charge in [-0.3, -0.25) is 9.69 Å². The average molecular weight is 302 g/mol. The highest BCUT2D eigenvalue weighted by Gasteiger charge is 2.34. The van der Waals surface area contributed by atoms with Crippen molar-refractivity contribution in [2.45, 2.75) is 6.18 Å². The Morgan fingerprint density at radius 3 is 2.57 bits per heavy atom. The van der Waals surface area contributed by atoms with E-state index in [0.717, 1.165) is 19.2 Å². The van der Waals surface area contributed by atoms with Crippen molar-refractivity contribution in [2.75, 3.05) is 39.4 Å². The molecule has 0 bridgehead atoms. The number of carbonyl (C=O) groups is 1. The van der Waals surface area contributed by atoms with E-state index in [2.05, 4.69) is 10.2 Å². The lowest BCUT2D eigenvalue weighted by atomic mass is 10.1. The van der Waals surface area contributed by atoms with Gasteiger partial charge >= 0.3 is 6.18 Å². The summed E-state index contributed by atoms with van der Waals surface area (Å²) in [5.41, 5.74) is -1.25. The lowest BCUT2D eigenvalue weighted by molar-refractivity contribution is -0.137. The van der Waals surface area contributed by atoms with Crippen LogP contribution in [0.25, 0.3) is 0 Å². The fourth-order valence-corrected chi connectivity index (χ4v) is 2.18. The lowest BCUT2D eigenvalue weighted by Gasteiger charge is -2.26. The van der Waals surface area contributed by atoms with Crippen LogP contribution in [0.3, 0.4) is 0 Å². The van der Waals surface area contributed by atoms with Gasteiger partial charge in [-0.1, -0.05) is 12.1 Å². The third-order valence-electron chi connectivity index (χ3n) is 3.29. The molecule has 0 aromatic heterocycles. The zero-order valence-electron chi connectivity index (χ0n) is 11.4. The first-order valence-corrected chi connectivity index (χ1v) is 6.73. The zero-order valence-corrected chi connectivity index (χ0v) is 11.4. The summed E-state index contributed by atoms with van der Waals surface area (Å²) in [6.07, 6.45) is -4.53. The molecule has 0 atom stereocenters. The molecule has 1 aliphatic heterocycles. The molecule has 7 heteroatoms. The van der Waals surface area contributed by atoms with E-state index in [4.69, 9.17) is 4.74 Å². The van der Waals surface area contributed by atoms with Gasteiger partial charge < -0.3 is 10.1 Å². The molecule has 1 heterocycles. The number of hydrogen-bond donors (Lipinski definition) is 1. The standard InChI is InChI=1S/C14H17F3N2O2/c15-14(16,17)12-4-2-1-3-11(12)13(20)18-5-6-19-7-9-21-10-8-19/h1-4H,5-10H2,(H,18,20). The van der Waals surface area contributed by atoms with Crippen LogP contribution in [0.4, 0.5) is 13.2 Å². The average Bonchev–Trinajstić information content (AvgIpc) is 2.47. The molecule has 1 aliphatic rings. The van der Waals surface area contributed by atoms with E-state index in [1.54, 1.807) is 0 Å². The molecule has 116 valence electrons. The molecule has 1 fully saturated rings. The summed E-state index contributed by atoms with van der Waals surface area (Å²) in [7, 11) is 0. The summed E-state index contributed by atoms with van der Waals surface area (Å²) in [5, 5.41) is 2.54. The summed E-state index contributed by atoms with van der Waals surface area (Å²) >= 11 is 0. The number of nitrogens with zero attached hydrogens (tertiary/aromatic N) is 1. The van der Waals surface area contributed by atoms with E-state index in [1.807, 2.05) is 0 Å². The predicted molar refractivity (Wildman–Crippen MR) is 71.0 cm³/mol. The Morgan fingerprint density at radius 1 is 1.24 bits per heavy atom. The minimum atomic E-state index is -4.53. The summed E-state index contributed by atoms with van der Waals surface area (Å²) in [6.45, 7) is 3.74. The topological polar surface area (TPSA) is 41.6 Å². The number of hydrogen-bond acceptors (Lipinski definition) is 3. The van der Waals surface area contributed by atoms with Crippen LogP contribution in [0.1, 0.15) is 15.9 Å². The molecule has 0 unspecified atom stereocenters. The molecule has 1 aromatic carbocycles. The lowest BCUT2D eigenvalue weighted by Crippen LogP contribution is -2.41. The summed E-state index contributed by atoms with van der Waals surface area (Å²) in [4.78, 5) is 14.0. The van der Waals surface area contributed by atoms with Crippen molar-refractivity contribution in [1.82, 2.24) is 10.2 Å². The summed E-state index contributed by atoms with van der Waals surface area (Å²) < 4.78 is 43.7. The Morgan fingerprint density at radius 2 is 1.90 bits per heavy atom. The highest BCUT2D eigenvalue weighted by atomic mass is 19.4. The smallest absolute Gasteiger partial charge is 0.379 e. The van der Waals surface area contributed by atoms with Crippen molar-refractivity contribution >= 4 is 5.91 Å². The molecular weight excluding hydrogens is 285 g/mol. The van der Waals surface area contributed by atoms with Crippen molar-refractivity contribution in [3.8, 4) is 0 Å². The van der Waals surface area contributed by atoms with Gasteiger partial charge in [-0.05, 0) is 12.1 Å². The number of halogens is 3. The predicted octanol–water partition coefficient (Wildman–Crippen LogP) is 1.77. The highest BCUT2D eigenvalue weighted by Crippen LogP contribution is 2.31. The second kappa shape index (κ2) is 6.91. The van der Waals surface area contributed by atoms with E-state index in [0.29, 0.717) is 26.3 Å². The number of ether oxygens (including phenoxy) is 1. The number of alkyl halides is 3. The largest absolute Gasteiger partial charge is 0.417 e. The molecular formula is C14H17F3N2O2. The number of carbonyl (C=O) groups excluding carboxylic acids is 1. The van der Waals surface area contributed by atoms with Crippen molar-refractivity contribution in [2.24, 2.45) is 0 Å². The first kappa shape index (κ1) is 15.8. The SMILES string of the molecule is O=C(NCCN1CCOCC1)c1ccccc1C(F)(F)F. The minimum absolute atomic E-state index is 0.311. The van der Waals surface area contributed by atoms with E-state index < -0.39 is 17.6 Å². The molecule has 1 amide bonds. The van der Waals surface area contributed by atoms with E-state index in [1.165, 1.54) is 18.2 Å². The molecule has 0 spiro atoms. The van der Waals surface area contributed by atoms with Crippen LogP contribution in [0.15, 0.2) is 24.3 Å². The number of amides is 1. The van der Waals surface area contributed by atoms with Crippen molar-refractivity contribution < 1.29 is 22.7 Å². The highest BCUT2D eigenvalue weighted by molar-refractivity contribution is 5.95. The van der Waals surface area contributed by atoms with E-state index in [-0.39, 0.29) is 5.56 Å². The second-order valence-corrected chi connectivity index (χ2v) is 4.75.